The fourth-order valence-corrected chi connectivity index (χ4v) is 3.22. The van der Waals surface area contributed by atoms with Crippen LogP contribution in [0, 0.1) is 0 Å². The van der Waals surface area contributed by atoms with Gasteiger partial charge in [-0.05, 0) is 25.0 Å². The summed E-state index contributed by atoms with van der Waals surface area (Å²) in [4.78, 5) is 4.14. The molecule has 18 heavy (non-hydrogen) atoms. The van der Waals surface area contributed by atoms with Crippen LogP contribution in [0.4, 0.5) is 0 Å². The average molecular weight is 261 g/mol. The van der Waals surface area contributed by atoms with Gasteiger partial charge in [-0.2, -0.15) is 5.10 Å². The van der Waals surface area contributed by atoms with Gasteiger partial charge < -0.3 is 5.32 Å². The van der Waals surface area contributed by atoms with E-state index in [1.165, 1.54) is 24.1 Å². The molecule has 1 fully saturated rings. The number of nitrogens with zero attached hydrogens (tertiary/aromatic N) is 2. The third-order valence-electron chi connectivity index (χ3n) is 3.92. The topological polar surface area (TPSA) is 53.6 Å². The smallest absolute Gasteiger partial charge is 0.129 e. The zero-order chi connectivity index (χ0) is 12.1. The molecule has 4 nitrogen and oxygen atoms in total. The van der Waals surface area contributed by atoms with E-state index < -0.39 is 0 Å². The second-order valence-electron chi connectivity index (χ2n) is 5.03. The third kappa shape index (κ3) is 1.49. The van der Waals surface area contributed by atoms with E-state index in [0.29, 0.717) is 17.2 Å². The Morgan fingerprint density at radius 3 is 3.06 bits per heavy atom. The molecule has 2 aliphatic rings. The van der Waals surface area contributed by atoms with E-state index in [2.05, 4.69) is 20.5 Å². The lowest BCUT2D eigenvalue weighted by atomic mass is 9.97. The van der Waals surface area contributed by atoms with Crippen molar-refractivity contribution in [2.24, 2.45) is 0 Å². The Kier molecular flexibility index (Phi) is 2.22. The van der Waals surface area contributed by atoms with Gasteiger partial charge in [-0.15, -0.1) is 0 Å². The van der Waals surface area contributed by atoms with Crippen LogP contribution in [0.25, 0.3) is 11.3 Å². The number of fused-ring (bicyclic) bond motifs is 4. The van der Waals surface area contributed by atoms with Crippen molar-refractivity contribution in [3.05, 3.63) is 34.7 Å². The first kappa shape index (κ1) is 10.5. The number of nitrogens with one attached hydrogen (secondary N) is 2. The van der Waals surface area contributed by atoms with Crippen LogP contribution in [0.5, 0.6) is 0 Å². The summed E-state index contributed by atoms with van der Waals surface area (Å²) in [7, 11) is 0. The van der Waals surface area contributed by atoms with Gasteiger partial charge in [0.1, 0.15) is 5.15 Å². The lowest BCUT2D eigenvalue weighted by Gasteiger charge is -2.21. The molecule has 2 aromatic rings. The minimum absolute atomic E-state index is 0.447. The third-order valence-corrected chi connectivity index (χ3v) is 4.15. The number of rotatable bonds is 1. The predicted octanol–water partition coefficient (Wildman–Crippen LogP) is 2.47. The molecule has 92 valence electrons. The zero-order valence-electron chi connectivity index (χ0n) is 9.78. The van der Waals surface area contributed by atoms with Crippen LogP contribution in [0.3, 0.4) is 0 Å². The largest absolute Gasteiger partial charge is 0.307 e. The van der Waals surface area contributed by atoms with E-state index in [1.54, 1.807) is 6.20 Å². The molecule has 2 atom stereocenters. The lowest BCUT2D eigenvalue weighted by molar-refractivity contribution is 0.511. The van der Waals surface area contributed by atoms with Gasteiger partial charge in [0.25, 0.3) is 0 Å². The van der Waals surface area contributed by atoms with Gasteiger partial charge in [-0.3, -0.25) is 5.10 Å². The normalized spacial score (nSPS) is 25.2. The van der Waals surface area contributed by atoms with Crippen molar-refractivity contribution in [1.29, 1.82) is 0 Å². The van der Waals surface area contributed by atoms with E-state index in [1.807, 2.05) is 12.1 Å². The second kappa shape index (κ2) is 3.80. The summed E-state index contributed by atoms with van der Waals surface area (Å²) in [6.07, 6.45) is 5.30. The summed E-state index contributed by atoms with van der Waals surface area (Å²) < 4.78 is 0. The molecule has 4 rings (SSSR count). The molecular weight excluding hydrogens is 248 g/mol. The van der Waals surface area contributed by atoms with E-state index in [9.17, 15) is 0 Å². The molecule has 5 heteroatoms. The molecule has 2 aliphatic heterocycles. The summed E-state index contributed by atoms with van der Waals surface area (Å²) in [5.74, 6) is 0. The van der Waals surface area contributed by atoms with Crippen LogP contribution >= 0.6 is 11.6 Å². The Bertz CT molecular complexity index is 590. The highest BCUT2D eigenvalue weighted by Crippen LogP contribution is 2.39. The number of hydrogen-bond acceptors (Lipinski definition) is 3. The minimum Gasteiger partial charge on any atom is -0.307 e. The van der Waals surface area contributed by atoms with Crippen LogP contribution in [0.2, 0.25) is 5.15 Å². The number of halogens is 1. The summed E-state index contributed by atoms with van der Waals surface area (Å²) in [5.41, 5.74) is 4.66. The monoisotopic (exact) mass is 260 g/mol. The summed E-state index contributed by atoms with van der Waals surface area (Å²) in [5, 5.41) is 11.8. The number of aromatic nitrogens is 3. The Hall–Kier alpha value is -1.39. The van der Waals surface area contributed by atoms with E-state index in [-0.39, 0.29) is 0 Å². The molecule has 4 heterocycles. The van der Waals surface area contributed by atoms with Gasteiger partial charge in [0.15, 0.2) is 0 Å². The van der Waals surface area contributed by atoms with E-state index >= 15 is 0 Å². The lowest BCUT2D eigenvalue weighted by Crippen LogP contribution is -2.31. The van der Waals surface area contributed by atoms with Gasteiger partial charge in [0.05, 0.1) is 5.69 Å². The molecule has 1 saturated heterocycles. The van der Waals surface area contributed by atoms with E-state index in [0.717, 1.165) is 17.7 Å². The molecule has 0 radical (unpaired) electrons. The maximum atomic E-state index is 5.83. The molecule has 0 aromatic carbocycles. The second-order valence-corrected chi connectivity index (χ2v) is 5.42. The number of pyridine rings is 1. The number of hydrogen-bond donors (Lipinski definition) is 2. The van der Waals surface area contributed by atoms with Gasteiger partial charge in [-0.25, -0.2) is 4.98 Å². The summed E-state index contributed by atoms with van der Waals surface area (Å²) >= 11 is 5.83. The predicted molar refractivity (Wildman–Crippen MR) is 69.4 cm³/mol. The molecule has 0 aliphatic carbocycles. The van der Waals surface area contributed by atoms with Gasteiger partial charge >= 0.3 is 0 Å². The molecule has 0 spiro atoms. The van der Waals surface area contributed by atoms with Crippen LogP contribution in [0.1, 0.15) is 30.1 Å². The maximum Gasteiger partial charge on any atom is 0.129 e. The first-order valence-corrected chi connectivity index (χ1v) is 6.64. The van der Waals surface area contributed by atoms with E-state index in [4.69, 9.17) is 11.6 Å². The summed E-state index contributed by atoms with van der Waals surface area (Å²) in [6.45, 7) is 0. The standard InChI is InChI=1S/C13H13ClN4/c14-11-4-1-7(6-15-11)13-12-9-3-2-8(16-9)5-10(12)17-18-13/h1,4,6,8-9,16H,2-3,5H2,(H,17,18). The van der Waals surface area contributed by atoms with Crippen LogP contribution in [0.15, 0.2) is 18.3 Å². The van der Waals surface area contributed by atoms with Crippen molar-refractivity contribution < 1.29 is 0 Å². The quantitative estimate of drug-likeness (QED) is 0.775. The van der Waals surface area contributed by atoms with Crippen molar-refractivity contribution in [3.8, 4) is 11.3 Å². The maximum absolute atomic E-state index is 5.83. The molecule has 2 N–H and O–H groups in total. The Balaban J connectivity index is 1.83. The van der Waals surface area contributed by atoms with Crippen LogP contribution < -0.4 is 5.32 Å². The van der Waals surface area contributed by atoms with Gasteiger partial charge in [0, 0.05) is 41.5 Å². The highest BCUT2D eigenvalue weighted by Gasteiger charge is 2.35. The Morgan fingerprint density at radius 2 is 2.22 bits per heavy atom. The fraction of sp³-hybridized carbons (Fsp3) is 0.385. The fourth-order valence-electron chi connectivity index (χ4n) is 3.11. The Labute approximate surface area is 110 Å². The minimum atomic E-state index is 0.447. The molecule has 0 amide bonds. The van der Waals surface area contributed by atoms with Crippen molar-refractivity contribution in [3.63, 3.8) is 0 Å². The highest BCUT2D eigenvalue weighted by atomic mass is 35.5. The van der Waals surface area contributed by atoms with Gasteiger partial charge in [0.2, 0.25) is 0 Å². The molecule has 0 saturated carbocycles. The van der Waals surface area contributed by atoms with Crippen molar-refractivity contribution in [1.82, 2.24) is 20.5 Å². The number of H-pyrrole nitrogens is 1. The highest BCUT2D eigenvalue weighted by molar-refractivity contribution is 6.29. The molecule has 2 unspecified atom stereocenters. The van der Waals surface area contributed by atoms with Crippen molar-refractivity contribution >= 4 is 11.6 Å². The Morgan fingerprint density at radius 1 is 1.28 bits per heavy atom. The van der Waals surface area contributed by atoms with Crippen LogP contribution in [-0.4, -0.2) is 21.2 Å². The number of aromatic amines is 1. The molecule has 2 aromatic heterocycles. The van der Waals surface area contributed by atoms with Crippen LogP contribution in [-0.2, 0) is 6.42 Å². The first-order chi connectivity index (χ1) is 8.81. The molecule has 2 bridgehead atoms. The molecular formula is C13H13ClN4. The van der Waals surface area contributed by atoms with Gasteiger partial charge in [-0.1, -0.05) is 11.6 Å². The zero-order valence-corrected chi connectivity index (χ0v) is 10.5. The average Bonchev–Trinajstić information content (AvgIpc) is 2.96. The first-order valence-electron chi connectivity index (χ1n) is 6.26. The van der Waals surface area contributed by atoms with Crippen molar-refractivity contribution in [2.45, 2.75) is 31.3 Å². The SMILES string of the molecule is Clc1ccc(-c2n[nH]c3c2C2CCC(C3)N2)cn1. The van der Waals surface area contributed by atoms with Crippen molar-refractivity contribution in [2.75, 3.05) is 0 Å². The summed E-state index contributed by atoms with van der Waals surface area (Å²) in [6, 6.07) is 4.86.